The summed E-state index contributed by atoms with van der Waals surface area (Å²) in [7, 11) is 1.75. The van der Waals surface area contributed by atoms with Crippen LogP contribution in [0.25, 0.3) is 0 Å². The Morgan fingerprint density at radius 3 is 2.53 bits per heavy atom. The van der Waals surface area contributed by atoms with Gasteiger partial charge in [0.1, 0.15) is 0 Å². The van der Waals surface area contributed by atoms with E-state index in [1.165, 1.54) is 0 Å². The molecule has 1 fully saturated rings. The van der Waals surface area contributed by atoms with Gasteiger partial charge >= 0.3 is 0 Å². The van der Waals surface area contributed by atoms with Crippen LogP contribution in [0.4, 0.5) is 11.6 Å². The number of amides is 1. The van der Waals surface area contributed by atoms with Crippen molar-refractivity contribution >= 4 is 59.1 Å². The molecule has 1 aliphatic rings. The van der Waals surface area contributed by atoms with Crippen molar-refractivity contribution in [2.75, 3.05) is 50.0 Å². The lowest BCUT2D eigenvalue weighted by Crippen LogP contribution is -2.53. The third kappa shape index (κ3) is 6.69. The largest absolute Gasteiger partial charge is 0.356 e. The van der Waals surface area contributed by atoms with E-state index in [0.717, 1.165) is 43.7 Å². The number of aliphatic imine (C=N–C) groups is 1. The van der Waals surface area contributed by atoms with E-state index in [0.29, 0.717) is 23.7 Å². The number of nitrogens with one attached hydrogen (secondary N) is 2. The molecule has 2 N–H and O–H groups in total. The van der Waals surface area contributed by atoms with Crippen LogP contribution in [0.2, 0.25) is 5.02 Å². The number of carbonyl (C=O) groups is 1. The molecule has 3 rings (SSSR count). The molecule has 30 heavy (non-hydrogen) atoms. The first-order valence-corrected chi connectivity index (χ1v) is 9.98. The zero-order valence-electron chi connectivity index (χ0n) is 17.1. The first-order chi connectivity index (χ1) is 14.1. The molecule has 2 heterocycles. The Hall–Kier alpha value is -2.14. The molecule has 8 nitrogen and oxygen atoms in total. The molecule has 10 heteroatoms. The number of hydrogen-bond donors (Lipinski definition) is 2. The predicted molar refractivity (Wildman–Crippen MR) is 132 cm³/mol. The molecule has 1 aromatic heterocycles. The monoisotopic (exact) mass is 543 g/mol. The molecule has 0 bridgehead atoms. The summed E-state index contributed by atoms with van der Waals surface area (Å²) in [6.45, 7) is 5.70. The van der Waals surface area contributed by atoms with Crippen LogP contribution in [0.15, 0.2) is 41.7 Å². The lowest BCUT2D eigenvalue weighted by molar-refractivity contribution is -0.116. The zero-order valence-corrected chi connectivity index (χ0v) is 20.2. The number of benzene rings is 1. The highest BCUT2D eigenvalue weighted by Crippen LogP contribution is 2.22. The number of aromatic nitrogens is 2. The fraction of sp³-hybridized carbons (Fsp3) is 0.400. The van der Waals surface area contributed by atoms with Crippen LogP contribution in [0.5, 0.6) is 0 Å². The Kier molecular flexibility index (Phi) is 9.57. The molecule has 0 aliphatic carbocycles. The summed E-state index contributed by atoms with van der Waals surface area (Å²) >= 11 is 6.17. The van der Waals surface area contributed by atoms with Gasteiger partial charge in [0.05, 0.1) is 10.7 Å². The lowest BCUT2D eigenvalue weighted by Gasteiger charge is -2.36. The van der Waals surface area contributed by atoms with Crippen LogP contribution in [0, 0.1) is 6.92 Å². The number of hydrogen-bond acceptors (Lipinski definition) is 5. The van der Waals surface area contributed by atoms with Crippen molar-refractivity contribution in [3.05, 3.63) is 47.2 Å². The number of nitrogens with zero attached hydrogens (tertiary/aromatic N) is 5. The van der Waals surface area contributed by atoms with Crippen LogP contribution < -0.4 is 15.5 Å². The quantitative estimate of drug-likeness (QED) is 0.343. The highest BCUT2D eigenvalue weighted by Gasteiger charge is 2.21. The van der Waals surface area contributed by atoms with Crippen LogP contribution >= 0.6 is 35.6 Å². The Bertz CT molecular complexity index is 857. The van der Waals surface area contributed by atoms with Crippen molar-refractivity contribution < 1.29 is 4.79 Å². The van der Waals surface area contributed by atoms with Gasteiger partial charge in [-0.1, -0.05) is 17.7 Å². The van der Waals surface area contributed by atoms with Gasteiger partial charge in [0.25, 0.3) is 0 Å². The van der Waals surface area contributed by atoms with E-state index < -0.39 is 0 Å². The molecule has 0 radical (unpaired) electrons. The van der Waals surface area contributed by atoms with Crippen LogP contribution in [0.1, 0.15) is 12.0 Å². The molecule has 0 saturated carbocycles. The van der Waals surface area contributed by atoms with E-state index in [1.807, 2.05) is 31.2 Å². The molecular weight excluding hydrogens is 517 g/mol. The fourth-order valence-electron chi connectivity index (χ4n) is 3.13. The second kappa shape index (κ2) is 11.9. The molecule has 0 spiro atoms. The summed E-state index contributed by atoms with van der Waals surface area (Å²) in [4.78, 5) is 29.5. The van der Waals surface area contributed by atoms with Crippen molar-refractivity contribution in [1.82, 2.24) is 20.2 Å². The summed E-state index contributed by atoms with van der Waals surface area (Å²) in [5, 5.41) is 6.66. The average Bonchev–Trinajstić information content (AvgIpc) is 2.74. The second-order valence-electron chi connectivity index (χ2n) is 6.78. The summed E-state index contributed by atoms with van der Waals surface area (Å²) in [6.07, 6.45) is 3.83. The molecule has 1 aliphatic heterocycles. The van der Waals surface area contributed by atoms with Crippen molar-refractivity contribution in [2.45, 2.75) is 13.3 Å². The minimum Gasteiger partial charge on any atom is -0.356 e. The van der Waals surface area contributed by atoms with Gasteiger partial charge in [-0.05, 0) is 30.7 Å². The molecular formula is C20H27ClIN7O. The molecule has 0 atom stereocenters. The van der Waals surface area contributed by atoms with E-state index in [-0.39, 0.29) is 29.9 Å². The third-order valence-corrected chi connectivity index (χ3v) is 4.97. The number of piperazine rings is 1. The fourth-order valence-corrected chi connectivity index (χ4v) is 3.41. The van der Waals surface area contributed by atoms with Crippen LogP contribution in [0.3, 0.4) is 0 Å². The maximum absolute atomic E-state index is 12.2. The molecule has 1 amide bonds. The Morgan fingerprint density at radius 1 is 1.20 bits per heavy atom. The summed E-state index contributed by atoms with van der Waals surface area (Å²) in [6, 6.07) is 7.38. The molecule has 2 aromatic rings. The van der Waals surface area contributed by atoms with Crippen LogP contribution in [-0.4, -0.2) is 66.5 Å². The Morgan fingerprint density at radius 2 is 1.90 bits per heavy atom. The van der Waals surface area contributed by atoms with Gasteiger partial charge in [0, 0.05) is 58.6 Å². The average molecular weight is 544 g/mol. The minimum absolute atomic E-state index is 0. The Balaban J connectivity index is 0.00000320. The van der Waals surface area contributed by atoms with Crippen molar-refractivity contribution in [3.63, 3.8) is 0 Å². The van der Waals surface area contributed by atoms with Crippen LogP contribution in [-0.2, 0) is 4.79 Å². The van der Waals surface area contributed by atoms with Crippen molar-refractivity contribution in [1.29, 1.82) is 0 Å². The molecule has 1 saturated heterocycles. The first kappa shape index (κ1) is 24.1. The third-order valence-electron chi connectivity index (χ3n) is 4.66. The molecule has 0 unspecified atom stereocenters. The highest BCUT2D eigenvalue weighted by atomic mass is 127. The topological polar surface area (TPSA) is 85.8 Å². The van der Waals surface area contributed by atoms with Crippen molar-refractivity contribution in [3.8, 4) is 0 Å². The maximum Gasteiger partial charge on any atom is 0.226 e. The molecule has 1 aromatic carbocycles. The van der Waals surface area contributed by atoms with E-state index in [9.17, 15) is 4.79 Å². The maximum atomic E-state index is 12.2. The lowest BCUT2D eigenvalue weighted by atomic mass is 10.2. The number of guanidine groups is 1. The van der Waals surface area contributed by atoms with Gasteiger partial charge in [-0.3, -0.25) is 9.79 Å². The SMILES string of the molecule is CN=C(NCCC(=O)Nc1ccc(C)cc1Cl)N1CCN(c2ncccn2)CC1.I. The predicted octanol–water partition coefficient (Wildman–Crippen LogP) is 2.78. The zero-order chi connectivity index (χ0) is 20.6. The van der Waals surface area contributed by atoms with E-state index in [2.05, 4.69) is 35.4 Å². The normalized spacial score (nSPS) is 14.2. The highest BCUT2D eigenvalue weighted by molar-refractivity contribution is 14.0. The van der Waals surface area contributed by atoms with Gasteiger partial charge in [0.15, 0.2) is 5.96 Å². The van der Waals surface area contributed by atoms with E-state index >= 15 is 0 Å². The van der Waals surface area contributed by atoms with Gasteiger partial charge in [-0.2, -0.15) is 0 Å². The van der Waals surface area contributed by atoms with E-state index in [1.54, 1.807) is 19.4 Å². The standard InChI is InChI=1S/C20H26ClN7O.HI/c1-15-4-5-17(16(21)14-15)26-18(29)6-9-25-19(22-2)27-10-12-28(13-11-27)20-23-7-3-8-24-20;/h3-5,7-8,14H,6,9-13H2,1-2H3,(H,22,25)(H,26,29);1H. The number of carbonyl (C=O) groups excluding carboxylic acids is 1. The number of anilines is 2. The van der Waals surface area contributed by atoms with Crippen molar-refractivity contribution in [2.24, 2.45) is 4.99 Å². The van der Waals surface area contributed by atoms with Gasteiger partial charge in [-0.15, -0.1) is 24.0 Å². The van der Waals surface area contributed by atoms with Gasteiger partial charge < -0.3 is 20.4 Å². The van der Waals surface area contributed by atoms with Gasteiger partial charge in [-0.25, -0.2) is 9.97 Å². The second-order valence-corrected chi connectivity index (χ2v) is 7.19. The minimum atomic E-state index is -0.0928. The molecule has 162 valence electrons. The first-order valence-electron chi connectivity index (χ1n) is 9.60. The Labute approximate surface area is 199 Å². The summed E-state index contributed by atoms with van der Waals surface area (Å²) < 4.78 is 0. The summed E-state index contributed by atoms with van der Waals surface area (Å²) in [5.74, 6) is 1.45. The van der Waals surface area contributed by atoms with Gasteiger partial charge in [0.2, 0.25) is 11.9 Å². The van der Waals surface area contributed by atoms with E-state index in [4.69, 9.17) is 11.6 Å². The number of aryl methyl sites for hydroxylation is 1. The number of rotatable bonds is 5. The summed E-state index contributed by atoms with van der Waals surface area (Å²) in [5.41, 5.74) is 1.68. The smallest absolute Gasteiger partial charge is 0.226 e. The number of halogens is 2.